The zero-order chi connectivity index (χ0) is 23.7. The van der Waals surface area contributed by atoms with Gasteiger partial charge in [-0.25, -0.2) is 12.8 Å². The lowest BCUT2D eigenvalue weighted by molar-refractivity contribution is -0.122. The van der Waals surface area contributed by atoms with Crippen LogP contribution in [0, 0.1) is 5.82 Å². The second-order valence-corrected chi connectivity index (χ2v) is 10.4. The van der Waals surface area contributed by atoms with Crippen LogP contribution < -0.4 is 0 Å². The monoisotopic (exact) mass is 477 g/mol. The highest BCUT2D eigenvalue weighted by molar-refractivity contribution is 7.89. The van der Waals surface area contributed by atoms with Crippen LogP contribution in [-0.2, 0) is 21.2 Å². The number of carbonyl (C=O) groups excluding carboxylic acids is 1. The molecule has 34 heavy (non-hydrogen) atoms. The summed E-state index contributed by atoms with van der Waals surface area (Å²) in [5.41, 5.74) is 3.16. The van der Waals surface area contributed by atoms with E-state index in [-0.39, 0.29) is 23.1 Å². The fraction of sp³-hybridized carbons (Fsp3) is 0.222. The molecule has 1 fully saturated rings. The van der Waals surface area contributed by atoms with Gasteiger partial charge in [-0.3, -0.25) is 4.79 Å². The van der Waals surface area contributed by atoms with Crippen LogP contribution in [0.5, 0.6) is 0 Å². The molecule has 5 nitrogen and oxygen atoms in total. The van der Waals surface area contributed by atoms with Gasteiger partial charge < -0.3 is 4.42 Å². The van der Waals surface area contributed by atoms with Gasteiger partial charge >= 0.3 is 0 Å². The third kappa shape index (κ3) is 4.41. The van der Waals surface area contributed by atoms with Gasteiger partial charge in [-0.1, -0.05) is 54.6 Å². The molecule has 1 aromatic heterocycles. The highest BCUT2D eigenvalue weighted by Gasteiger charge is 2.40. The maximum absolute atomic E-state index is 13.5. The molecule has 7 heteroatoms. The summed E-state index contributed by atoms with van der Waals surface area (Å²) in [6, 6.07) is 22.0. The average molecular weight is 478 g/mol. The van der Waals surface area contributed by atoms with Crippen LogP contribution in [0.1, 0.15) is 24.8 Å². The summed E-state index contributed by atoms with van der Waals surface area (Å²) in [4.78, 5) is 13.0. The summed E-state index contributed by atoms with van der Waals surface area (Å²) in [5.74, 6) is -0.378. The smallest absolute Gasteiger partial charge is 0.277 e. The highest BCUT2D eigenvalue weighted by Crippen LogP contribution is 2.31. The molecule has 0 unspecified atom stereocenters. The maximum atomic E-state index is 13.5. The molecule has 4 aromatic rings. The fourth-order valence-electron chi connectivity index (χ4n) is 4.52. The molecule has 0 bridgehead atoms. The number of hydrogen-bond acceptors (Lipinski definition) is 4. The second kappa shape index (κ2) is 9.16. The maximum Gasteiger partial charge on any atom is 0.277 e. The summed E-state index contributed by atoms with van der Waals surface area (Å²) in [7, 11) is -3.90. The Morgan fingerprint density at radius 1 is 0.971 bits per heavy atom. The van der Waals surface area contributed by atoms with Crippen molar-refractivity contribution >= 4 is 26.8 Å². The zero-order valence-corrected chi connectivity index (χ0v) is 19.3. The topological polar surface area (TPSA) is 67.6 Å². The number of halogens is 1. The Kier molecular flexibility index (Phi) is 6.06. The van der Waals surface area contributed by atoms with E-state index in [4.69, 9.17) is 4.42 Å². The molecule has 1 saturated heterocycles. The highest BCUT2D eigenvalue weighted by atomic mass is 32.2. The van der Waals surface area contributed by atoms with Gasteiger partial charge in [0.25, 0.3) is 10.0 Å². The van der Waals surface area contributed by atoms with Gasteiger partial charge in [0.05, 0.1) is 6.04 Å². The fourth-order valence-corrected chi connectivity index (χ4v) is 6.15. The number of aryl methyl sites for hydroxylation is 1. The largest absolute Gasteiger partial charge is 0.443 e. The minimum atomic E-state index is -3.90. The van der Waals surface area contributed by atoms with Crippen LogP contribution in [0.3, 0.4) is 0 Å². The third-order valence-electron chi connectivity index (χ3n) is 6.31. The number of rotatable bonds is 7. The van der Waals surface area contributed by atoms with Gasteiger partial charge in [-0.15, -0.1) is 0 Å². The number of sulfonamides is 1. The zero-order valence-electron chi connectivity index (χ0n) is 18.5. The summed E-state index contributed by atoms with van der Waals surface area (Å²) in [6.45, 7) is 0.304. The van der Waals surface area contributed by atoms with E-state index in [1.54, 1.807) is 24.3 Å². The number of ketones is 1. The van der Waals surface area contributed by atoms with Crippen LogP contribution in [0.25, 0.3) is 22.1 Å². The van der Waals surface area contributed by atoms with Gasteiger partial charge in [-0.05, 0) is 54.2 Å². The van der Waals surface area contributed by atoms with E-state index in [0.717, 1.165) is 16.7 Å². The van der Waals surface area contributed by atoms with Crippen molar-refractivity contribution in [1.82, 2.24) is 4.31 Å². The van der Waals surface area contributed by atoms with Crippen LogP contribution in [0.15, 0.2) is 88.4 Å². The van der Waals surface area contributed by atoms with Gasteiger partial charge in [-0.2, -0.15) is 4.31 Å². The van der Waals surface area contributed by atoms with E-state index in [1.165, 1.54) is 22.5 Å². The lowest BCUT2D eigenvalue weighted by Crippen LogP contribution is -2.40. The first-order valence-corrected chi connectivity index (χ1v) is 12.7. The number of furan rings is 1. The molecule has 3 aromatic carbocycles. The van der Waals surface area contributed by atoms with Crippen molar-refractivity contribution in [3.63, 3.8) is 0 Å². The Balaban J connectivity index is 1.27. The molecule has 1 atom stereocenters. The van der Waals surface area contributed by atoms with Gasteiger partial charge in [0, 0.05) is 24.4 Å². The SMILES string of the molecule is O=C(CCc1ccc(-c2cccc(F)c2)cc1)[C@@H]1CCCN1S(=O)(=O)c1cc2ccccc2o1. The summed E-state index contributed by atoms with van der Waals surface area (Å²) < 4.78 is 46.8. The van der Waals surface area contributed by atoms with Crippen molar-refractivity contribution in [2.45, 2.75) is 36.8 Å². The first-order chi connectivity index (χ1) is 16.4. The van der Waals surface area contributed by atoms with Crippen molar-refractivity contribution in [1.29, 1.82) is 0 Å². The minimum absolute atomic E-state index is 0.0913. The summed E-state index contributed by atoms with van der Waals surface area (Å²) in [6.07, 6.45) is 1.91. The predicted molar refractivity (Wildman–Crippen MR) is 128 cm³/mol. The lowest BCUT2D eigenvalue weighted by atomic mass is 9.99. The second-order valence-electron chi connectivity index (χ2n) is 8.55. The van der Waals surface area contributed by atoms with Crippen molar-refractivity contribution < 1.29 is 22.0 Å². The molecule has 0 radical (unpaired) electrons. The normalized spacial score (nSPS) is 16.8. The Bertz CT molecular complexity index is 1410. The van der Waals surface area contributed by atoms with E-state index in [1.807, 2.05) is 36.4 Å². The Labute approximate surface area is 197 Å². The number of hydrogen-bond donors (Lipinski definition) is 0. The van der Waals surface area contributed by atoms with Crippen LogP contribution in [0.2, 0.25) is 0 Å². The number of benzene rings is 3. The van der Waals surface area contributed by atoms with Crippen molar-refractivity contribution in [2.75, 3.05) is 6.54 Å². The molecule has 2 heterocycles. The average Bonchev–Trinajstić information content (AvgIpc) is 3.51. The van der Waals surface area contributed by atoms with E-state index in [0.29, 0.717) is 36.8 Å². The Morgan fingerprint density at radius 3 is 2.53 bits per heavy atom. The Hall–Kier alpha value is -3.29. The van der Waals surface area contributed by atoms with Crippen LogP contribution >= 0.6 is 0 Å². The number of para-hydroxylation sites is 1. The standard InChI is InChI=1S/C27H24FNO4S/c28-23-7-3-6-21(17-23)20-13-10-19(11-14-20)12-15-25(30)24-8-4-16-29(24)34(31,32)27-18-22-5-1-2-9-26(22)33-27/h1-3,5-7,9-11,13-14,17-18,24H,4,8,12,15-16H2/t24-/m0/s1. The molecule has 0 N–H and O–H groups in total. The van der Waals surface area contributed by atoms with Crippen molar-refractivity contribution in [2.24, 2.45) is 0 Å². The number of carbonyl (C=O) groups is 1. The van der Waals surface area contributed by atoms with E-state index >= 15 is 0 Å². The van der Waals surface area contributed by atoms with Crippen molar-refractivity contribution in [3.8, 4) is 11.1 Å². The number of Topliss-reactive ketones (excluding diaryl/α,β-unsaturated/α-hetero) is 1. The van der Waals surface area contributed by atoms with Crippen LogP contribution in [-0.4, -0.2) is 31.1 Å². The predicted octanol–water partition coefficient (Wildman–Crippen LogP) is 5.59. The van der Waals surface area contributed by atoms with E-state index in [9.17, 15) is 17.6 Å². The molecule has 1 aliphatic rings. The quantitative estimate of drug-likeness (QED) is 0.348. The molecule has 5 rings (SSSR count). The van der Waals surface area contributed by atoms with Gasteiger partial charge in [0.1, 0.15) is 11.4 Å². The number of fused-ring (bicyclic) bond motifs is 1. The molecule has 0 aliphatic carbocycles. The molecule has 1 aliphatic heterocycles. The van der Waals surface area contributed by atoms with E-state index < -0.39 is 16.1 Å². The third-order valence-corrected chi connectivity index (χ3v) is 8.08. The molecule has 0 spiro atoms. The number of nitrogens with zero attached hydrogens (tertiary/aromatic N) is 1. The summed E-state index contributed by atoms with van der Waals surface area (Å²) >= 11 is 0. The molecule has 0 amide bonds. The molecular formula is C27H24FNO4S. The molecule has 174 valence electrons. The first-order valence-electron chi connectivity index (χ1n) is 11.3. The first kappa shape index (κ1) is 22.5. The molecular weight excluding hydrogens is 453 g/mol. The van der Waals surface area contributed by atoms with E-state index in [2.05, 4.69) is 0 Å². The Morgan fingerprint density at radius 2 is 1.76 bits per heavy atom. The van der Waals surface area contributed by atoms with Crippen molar-refractivity contribution in [3.05, 3.63) is 90.2 Å². The lowest BCUT2D eigenvalue weighted by Gasteiger charge is -2.21. The minimum Gasteiger partial charge on any atom is -0.443 e. The van der Waals surface area contributed by atoms with Gasteiger partial charge in [0.15, 0.2) is 5.78 Å². The van der Waals surface area contributed by atoms with Crippen LogP contribution in [0.4, 0.5) is 4.39 Å². The molecule has 0 saturated carbocycles. The van der Waals surface area contributed by atoms with Gasteiger partial charge in [0.2, 0.25) is 5.09 Å². The summed E-state index contributed by atoms with van der Waals surface area (Å²) in [5, 5.41) is 0.589.